The molecule has 41 heavy (non-hydrogen) atoms. The van der Waals surface area contributed by atoms with Crippen molar-refractivity contribution in [3.63, 3.8) is 0 Å². The minimum atomic E-state index is -1.06. The van der Waals surface area contributed by atoms with E-state index in [4.69, 9.17) is 4.74 Å². The molecule has 3 amide bonds. The number of carbonyl (C=O) groups is 3. The summed E-state index contributed by atoms with van der Waals surface area (Å²) in [5, 5.41) is 9.96. The van der Waals surface area contributed by atoms with Gasteiger partial charge in [-0.05, 0) is 55.6 Å². The maximum Gasteiger partial charge on any atom is 0.252 e. The van der Waals surface area contributed by atoms with Gasteiger partial charge in [0.05, 0.1) is 18.7 Å². The average molecular weight is 558 g/mol. The molecule has 5 rings (SSSR count). The van der Waals surface area contributed by atoms with E-state index in [0.29, 0.717) is 31.4 Å². The Bertz CT molecular complexity index is 1340. The standard InChI is InChI=1S/C32H39N5O4/c38-29(26-11-12-27-25(23-26)10-6-15-33-27)36-32(13-4-5-14-32)31(40)35-28(22-24-8-2-1-3-9-24)30(39)34-16-7-17-37-18-20-41-21-19-37/h1-3,6,8-12,15,23,28H,4-5,7,13-14,16-22H2,(H,34,39)(H,35,40)(H,36,38)/t28-/m1/s1. The highest BCUT2D eigenvalue weighted by Gasteiger charge is 2.44. The average Bonchev–Trinajstić information content (AvgIpc) is 3.49. The van der Waals surface area contributed by atoms with Crippen LogP contribution in [0, 0.1) is 0 Å². The van der Waals surface area contributed by atoms with Gasteiger partial charge in [0.25, 0.3) is 5.91 Å². The monoisotopic (exact) mass is 557 g/mol. The first kappa shape index (κ1) is 28.7. The van der Waals surface area contributed by atoms with Gasteiger partial charge in [0, 0.05) is 43.2 Å². The molecule has 2 fully saturated rings. The normalized spacial score (nSPS) is 17.6. The first-order valence-electron chi connectivity index (χ1n) is 14.6. The van der Waals surface area contributed by atoms with Gasteiger partial charge >= 0.3 is 0 Å². The van der Waals surface area contributed by atoms with Crippen LogP contribution in [0.2, 0.25) is 0 Å². The van der Waals surface area contributed by atoms with Crippen molar-refractivity contribution >= 4 is 28.6 Å². The van der Waals surface area contributed by atoms with Gasteiger partial charge < -0.3 is 20.7 Å². The van der Waals surface area contributed by atoms with Gasteiger partial charge in [-0.25, -0.2) is 0 Å². The summed E-state index contributed by atoms with van der Waals surface area (Å²) in [6.45, 7) is 4.71. The molecular weight excluding hydrogens is 518 g/mol. The van der Waals surface area contributed by atoms with Gasteiger partial charge in [-0.1, -0.05) is 49.2 Å². The van der Waals surface area contributed by atoms with Crippen molar-refractivity contribution in [1.82, 2.24) is 25.8 Å². The number of morpholine rings is 1. The fourth-order valence-corrected chi connectivity index (χ4v) is 5.71. The molecule has 1 saturated heterocycles. The first-order chi connectivity index (χ1) is 20.0. The molecule has 2 heterocycles. The van der Waals surface area contributed by atoms with E-state index in [1.807, 2.05) is 48.5 Å². The maximum absolute atomic E-state index is 13.9. The molecule has 2 aliphatic rings. The van der Waals surface area contributed by atoms with Crippen molar-refractivity contribution in [2.24, 2.45) is 0 Å². The third-order valence-electron chi connectivity index (χ3n) is 8.07. The quantitative estimate of drug-likeness (QED) is 0.313. The van der Waals surface area contributed by atoms with Crippen LogP contribution in [-0.4, -0.2) is 78.6 Å². The summed E-state index contributed by atoms with van der Waals surface area (Å²) in [5.74, 6) is -0.833. The number of pyridine rings is 1. The van der Waals surface area contributed by atoms with E-state index >= 15 is 0 Å². The summed E-state index contributed by atoms with van der Waals surface area (Å²) in [4.78, 5) is 47.2. The zero-order chi connectivity index (χ0) is 28.5. The fraction of sp³-hybridized carbons (Fsp3) is 0.438. The molecule has 1 aromatic heterocycles. The minimum Gasteiger partial charge on any atom is -0.379 e. The van der Waals surface area contributed by atoms with Crippen LogP contribution >= 0.6 is 0 Å². The summed E-state index contributed by atoms with van der Waals surface area (Å²) in [6.07, 6.45) is 5.60. The number of nitrogens with zero attached hydrogens (tertiary/aromatic N) is 2. The Morgan fingerprint density at radius 2 is 1.76 bits per heavy atom. The number of hydrogen-bond donors (Lipinski definition) is 3. The van der Waals surface area contributed by atoms with Gasteiger partial charge in [-0.15, -0.1) is 0 Å². The molecule has 3 aromatic rings. The van der Waals surface area contributed by atoms with E-state index in [0.717, 1.165) is 68.6 Å². The smallest absolute Gasteiger partial charge is 0.252 e. The number of rotatable bonds is 11. The molecule has 9 nitrogen and oxygen atoms in total. The van der Waals surface area contributed by atoms with Crippen LogP contribution in [0.5, 0.6) is 0 Å². The second-order valence-electron chi connectivity index (χ2n) is 11.0. The third-order valence-corrected chi connectivity index (χ3v) is 8.07. The SMILES string of the molecule is O=C(NC1(C(=O)N[C@H](Cc2ccccc2)C(=O)NCCCN2CCOCC2)CCCC1)c1ccc2ncccc2c1. The van der Waals surface area contributed by atoms with Gasteiger partial charge in [0.2, 0.25) is 11.8 Å². The van der Waals surface area contributed by atoms with Gasteiger partial charge in [-0.3, -0.25) is 24.3 Å². The molecule has 9 heteroatoms. The van der Waals surface area contributed by atoms with E-state index in [9.17, 15) is 14.4 Å². The number of amides is 3. The fourth-order valence-electron chi connectivity index (χ4n) is 5.71. The van der Waals surface area contributed by atoms with Gasteiger partial charge in [0.1, 0.15) is 11.6 Å². The van der Waals surface area contributed by atoms with E-state index in [-0.39, 0.29) is 17.7 Å². The Morgan fingerprint density at radius 3 is 2.54 bits per heavy atom. The number of hydrogen-bond acceptors (Lipinski definition) is 6. The second kappa shape index (κ2) is 13.7. The number of fused-ring (bicyclic) bond motifs is 1. The Kier molecular flexibility index (Phi) is 9.59. The summed E-state index contributed by atoms with van der Waals surface area (Å²) in [7, 11) is 0. The van der Waals surface area contributed by atoms with E-state index in [1.54, 1.807) is 18.3 Å². The Morgan fingerprint density at radius 1 is 0.976 bits per heavy atom. The van der Waals surface area contributed by atoms with Crippen molar-refractivity contribution < 1.29 is 19.1 Å². The molecule has 2 aromatic carbocycles. The molecule has 0 spiro atoms. The van der Waals surface area contributed by atoms with Crippen molar-refractivity contribution in [3.8, 4) is 0 Å². The highest BCUT2D eigenvalue weighted by atomic mass is 16.5. The van der Waals surface area contributed by atoms with Crippen LogP contribution in [-0.2, 0) is 20.7 Å². The summed E-state index contributed by atoms with van der Waals surface area (Å²) in [6, 6.07) is 18.0. The first-order valence-corrected chi connectivity index (χ1v) is 14.6. The Labute approximate surface area is 241 Å². The predicted molar refractivity (Wildman–Crippen MR) is 157 cm³/mol. The van der Waals surface area contributed by atoms with Crippen LogP contribution in [0.25, 0.3) is 10.9 Å². The Hall–Kier alpha value is -3.82. The number of benzene rings is 2. The lowest BCUT2D eigenvalue weighted by molar-refractivity contribution is -0.132. The highest BCUT2D eigenvalue weighted by molar-refractivity contribution is 6.02. The zero-order valence-electron chi connectivity index (χ0n) is 23.4. The third kappa shape index (κ3) is 7.48. The largest absolute Gasteiger partial charge is 0.379 e. The van der Waals surface area contributed by atoms with Crippen LogP contribution in [0.3, 0.4) is 0 Å². The van der Waals surface area contributed by atoms with Crippen molar-refractivity contribution in [1.29, 1.82) is 0 Å². The molecule has 1 aliphatic heterocycles. The number of carbonyl (C=O) groups excluding carboxylic acids is 3. The van der Waals surface area contributed by atoms with Crippen molar-refractivity contribution in [2.45, 2.75) is 50.1 Å². The van der Waals surface area contributed by atoms with Crippen molar-refractivity contribution in [3.05, 3.63) is 78.0 Å². The second-order valence-corrected chi connectivity index (χ2v) is 11.0. The molecule has 0 radical (unpaired) electrons. The Balaban J connectivity index is 1.25. The van der Waals surface area contributed by atoms with Crippen LogP contribution in [0.4, 0.5) is 0 Å². The number of nitrogens with one attached hydrogen (secondary N) is 3. The maximum atomic E-state index is 13.9. The number of ether oxygens (including phenoxy) is 1. The molecule has 1 aliphatic carbocycles. The number of aromatic nitrogens is 1. The highest BCUT2D eigenvalue weighted by Crippen LogP contribution is 2.31. The molecule has 1 saturated carbocycles. The molecule has 0 unspecified atom stereocenters. The summed E-state index contributed by atoms with van der Waals surface area (Å²) < 4.78 is 5.41. The lowest BCUT2D eigenvalue weighted by atomic mass is 9.94. The molecule has 1 atom stereocenters. The van der Waals surface area contributed by atoms with Crippen LogP contribution in [0.15, 0.2) is 66.9 Å². The summed E-state index contributed by atoms with van der Waals surface area (Å²) in [5.41, 5.74) is 1.17. The minimum absolute atomic E-state index is 0.217. The molecule has 0 bridgehead atoms. The van der Waals surface area contributed by atoms with Crippen LogP contribution in [0.1, 0.15) is 48.0 Å². The lowest BCUT2D eigenvalue weighted by Gasteiger charge is -2.31. The zero-order valence-corrected chi connectivity index (χ0v) is 23.4. The predicted octanol–water partition coefficient (Wildman–Crippen LogP) is 2.84. The summed E-state index contributed by atoms with van der Waals surface area (Å²) >= 11 is 0. The molecule has 3 N–H and O–H groups in total. The van der Waals surface area contributed by atoms with E-state index in [1.165, 1.54) is 0 Å². The topological polar surface area (TPSA) is 113 Å². The van der Waals surface area contributed by atoms with Gasteiger partial charge in [0.15, 0.2) is 0 Å². The molecular formula is C32H39N5O4. The van der Waals surface area contributed by atoms with Crippen molar-refractivity contribution in [2.75, 3.05) is 39.4 Å². The van der Waals surface area contributed by atoms with Gasteiger partial charge in [-0.2, -0.15) is 0 Å². The van der Waals surface area contributed by atoms with E-state index < -0.39 is 11.6 Å². The molecule has 216 valence electrons. The van der Waals surface area contributed by atoms with E-state index in [2.05, 4.69) is 25.8 Å². The lowest BCUT2D eigenvalue weighted by Crippen LogP contribution is -2.61. The van der Waals surface area contributed by atoms with Crippen LogP contribution < -0.4 is 16.0 Å².